The Morgan fingerprint density at radius 3 is 2.77 bits per heavy atom. The molecule has 3 rings (SSSR count). The Bertz CT molecular complexity index is 550. The van der Waals surface area contributed by atoms with Crippen LogP contribution in [0.2, 0.25) is 0 Å². The highest BCUT2D eigenvalue weighted by atomic mass is 16.2. The lowest BCUT2D eigenvalue weighted by Gasteiger charge is -2.27. The van der Waals surface area contributed by atoms with E-state index < -0.39 is 0 Å². The molecule has 1 aromatic carbocycles. The summed E-state index contributed by atoms with van der Waals surface area (Å²) in [5.74, 6) is 0.585. The van der Waals surface area contributed by atoms with Gasteiger partial charge in [-0.15, -0.1) is 0 Å². The van der Waals surface area contributed by atoms with Crippen LogP contribution in [0.1, 0.15) is 50.5 Å². The Kier molecular flexibility index (Phi) is 4.76. The molecule has 1 N–H and O–H groups in total. The molecule has 0 atom stereocenters. The van der Waals surface area contributed by atoms with Crippen LogP contribution in [0.3, 0.4) is 0 Å². The third kappa shape index (κ3) is 3.49. The van der Waals surface area contributed by atoms with Crippen molar-refractivity contribution in [1.29, 1.82) is 0 Å². The average Bonchev–Trinajstić information content (AvgIpc) is 3.08. The SMILES string of the molecule is O=C(NCc1cccc(N2CCCCC2=O)c1)C1CCCC1. The highest BCUT2D eigenvalue weighted by molar-refractivity contribution is 5.94. The maximum Gasteiger partial charge on any atom is 0.226 e. The molecule has 118 valence electrons. The minimum Gasteiger partial charge on any atom is -0.352 e. The van der Waals surface area contributed by atoms with Crippen LogP contribution in [0.4, 0.5) is 5.69 Å². The average molecular weight is 300 g/mol. The number of nitrogens with zero attached hydrogens (tertiary/aromatic N) is 1. The third-order valence-corrected chi connectivity index (χ3v) is 4.74. The Balaban J connectivity index is 1.61. The van der Waals surface area contributed by atoms with Crippen LogP contribution < -0.4 is 10.2 Å². The monoisotopic (exact) mass is 300 g/mol. The quantitative estimate of drug-likeness (QED) is 0.929. The number of piperidine rings is 1. The second-order valence-electron chi connectivity index (χ2n) is 6.37. The third-order valence-electron chi connectivity index (χ3n) is 4.74. The van der Waals surface area contributed by atoms with Crippen LogP contribution in [-0.2, 0) is 16.1 Å². The summed E-state index contributed by atoms with van der Waals surface area (Å²) in [6.07, 6.45) is 7.08. The van der Waals surface area contributed by atoms with Crippen LogP contribution in [0.5, 0.6) is 0 Å². The fourth-order valence-corrected chi connectivity index (χ4v) is 3.43. The van der Waals surface area contributed by atoms with Crippen LogP contribution in [0.15, 0.2) is 24.3 Å². The molecule has 2 aliphatic rings. The van der Waals surface area contributed by atoms with Gasteiger partial charge in [0.25, 0.3) is 0 Å². The second-order valence-corrected chi connectivity index (χ2v) is 6.37. The molecule has 0 spiro atoms. The molecule has 1 heterocycles. The zero-order valence-electron chi connectivity index (χ0n) is 13.0. The first-order valence-corrected chi connectivity index (χ1v) is 8.41. The number of carbonyl (C=O) groups excluding carboxylic acids is 2. The van der Waals surface area contributed by atoms with Crippen molar-refractivity contribution in [2.24, 2.45) is 5.92 Å². The smallest absolute Gasteiger partial charge is 0.226 e. The Morgan fingerprint density at radius 1 is 1.18 bits per heavy atom. The lowest BCUT2D eigenvalue weighted by atomic mass is 10.1. The fourth-order valence-electron chi connectivity index (χ4n) is 3.43. The largest absolute Gasteiger partial charge is 0.352 e. The van der Waals surface area contributed by atoms with Gasteiger partial charge in [-0.05, 0) is 43.4 Å². The topological polar surface area (TPSA) is 49.4 Å². The molecule has 1 aliphatic carbocycles. The number of benzene rings is 1. The molecule has 0 unspecified atom stereocenters. The van der Waals surface area contributed by atoms with Gasteiger partial charge in [0, 0.05) is 31.1 Å². The minimum absolute atomic E-state index is 0.178. The van der Waals surface area contributed by atoms with Gasteiger partial charge in [-0.1, -0.05) is 25.0 Å². The van der Waals surface area contributed by atoms with Crippen LogP contribution in [0.25, 0.3) is 0 Å². The lowest BCUT2D eigenvalue weighted by molar-refractivity contribution is -0.125. The molecular weight excluding hydrogens is 276 g/mol. The Labute approximate surface area is 131 Å². The number of hydrogen-bond donors (Lipinski definition) is 1. The molecular formula is C18H24N2O2. The predicted molar refractivity (Wildman–Crippen MR) is 86.5 cm³/mol. The van der Waals surface area contributed by atoms with E-state index in [9.17, 15) is 9.59 Å². The van der Waals surface area contributed by atoms with E-state index in [-0.39, 0.29) is 17.7 Å². The number of amides is 2. The number of anilines is 1. The summed E-state index contributed by atoms with van der Waals surface area (Å²) in [6, 6.07) is 7.98. The van der Waals surface area contributed by atoms with Gasteiger partial charge in [-0.25, -0.2) is 0 Å². The van der Waals surface area contributed by atoms with Crippen molar-refractivity contribution in [3.8, 4) is 0 Å². The zero-order valence-corrected chi connectivity index (χ0v) is 13.0. The molecule has 22 heavy (non-hydrogen) atoms. The summed E-state index contributed by atoms with van der Waals surface area (Å²) >= 11 is 0. The van der Waals surface area contributed by atoms with E-state index in [2.05, 4.69) is 5.32 Å². The Hall–Kier alpha value is -1.84. The van der Waals surface area contributed by atoms with Crippen molar-refractivity contribution in [2.45, 2.75) is 51.5 Å². The van der Waals surface area contributed by atoms with Crippen molar-refractivity contribution in [3.63, 3.8) is 0 Å². The molecule has 0 bridgehead atoms. The van der Waals surface area contributed by atoms with Gasteiger partial charge in [0.2, 0.25) is 11.8 Å². The van der Waals surface area contributed by atoms with Gasteiger partial charge in [0.15, 0.2) is 0 Å². The molecule has 0 aromatic heterocycles. The van der Waals surface area contributed by atoms with E-state index in [1.165, 1.54) is 12.8 Å². The van der Waals surface area contributed by atoms with Gasteiger partial charge in [0.05, 0.1) is 0 Å². The molecule has 4 nitrogen and oxygen atoms in total. The molecule has 1 saturated carbocycles. The summed E-state index contributed by atoms with van der Waals surface area (Å²) in [7, 11) is 0. The lowest BCUT2D eigenvalue weighted by Crippen LogP contribution is -2.35. The van der Waals surface area contributed by atoms with Gasteiger partial charge >= 0.3 is 0 Å². The van der Waals surface area contributed by atoms with E-state index in [1.54, 1.807) is 0 Å². The molecule has 4 heteroatoms. The van der Waals surface area contributed by atoms with E-state index in [1.807, 2.05) is 29.2 Å². The van der Waals surface area contributed by atoms with Crippen LogP contribution in [0, 0.1) is 5.92 Å². The van der Waals surface area contributed by atoms with Crippen molar-refractivity contribution in [1.82, 2.24) is 5.32 Å². The summed E-state index contributed by atoms with van der Waals surface area (Å²) in [5.41, 5.74) is 2.01. The normalized spacial score (nSPS) is 19.5. The summed E-state index contributed by atoms with van der Waals surface area (Å²) in [6.45, 7) is 1.35. The van der Waals surface area contributed by atoms with Gasteiger partial charge in [-0.2, -0.15) is 0 Å². The van der Waals surface area contributed by atoms with Crippen LogP contribution in [-0.4, -0.2) is 18.4 Å². The number of rotatable bonds is 4. The van der Waals surface area contributed by atoms with E-state index in [0.29, 0.717) is 13.0 Å². The molecule has 2 fully saturated rings. The van der Waals surface area contributed by atoms with Gasteiger partial charge in [-0.3, -0.25) is 9.59 Å². The fraction of sp³-hybridized carbons (Fsp3) is 0.556. The molecule has 2 amide bonds. The van der Waals surface area contributed by atoms with E-state index >= 15 is 0 Å². The van der Waals surface area contributed by atoms with Crippen molar-refractivity contribution in [2.75, 3.05) is 11.4 Å². The number of hydrogen-bond acceptors (Lipinski definition) is 2. The van der Waals surface area contributed by atoms with Gasteiger partial charge in [0.1, 0.15) is 0 Å². The maximum absolute atomic E-state index is 12.1. The zero-order chi connectivity index (χ0) is 15.4. The first-order valence-electron chi connectivity index (χ1n) is 8.41. The minimum atomic E-state index is 0.178. The van der Waals surface area contributed by atoms with E-state index in [4.69, 9.17) is 0 Å². The summed E-state index contributed by atoms with van der Waals surface area (Å²) in [4.78, 5) is 26.0. The predicted octanol–water partition coefficient (Wildman–Crippen LogP) is 3.01. The van der Waals surface area contributed by atoms with Gasteiger partial charge < -0.3 is 10.2 Å². The molecule has 1 saturated heterocycles. The van der Waals surface area contributed by atoms with Crippen molar-refractivity contribution >= 4 is 17.5 Å². The second kappa shape index (κ2) is 6.95. The van der Waals surface area contributed by atoms with Crippen molar-refractivity contribution < 1.29 is 9.59 Å². The van der Waals surface area contributed by atoms with Crippen LogP contribution >= 0.6 is 0 Å². The highest BCUT2D eigenvalue weighted by Gasteiger charge is 2.22. The molecule has 1 aliphatic heterocycles. The summed E-state index contributed by atoms with van der Waals surface area (Å²) < 4.78 is 0. The first-order chi connectivity index (χ1) is 10.7. The standard InChI is InChI=1S/C18H24N2O2/c21-17-10-3-4-11-20(17)16-9-5-6-14(12-16)13-19-18(22)15-7-1-2-8-15/h5-6,9,12,15H,1-4,7-8,10-11,13H2,(H,19,22). The molecule has 1 aromatic rings. The number of nitrogens with one attached hydrogen (secondary N) is 1. The molecule has 0 radical (unpaired) electrons. The first kappa shape index (κ1) is 15.1. The maximum atomic E-state index is 12.1. The summed E-state index contributed by atoms with van der Waals surface area (Å²) in [5, 5.41) is 3.04. The van der Waals surface area contributed by atoms with Crippen molar-refractivity contribution in [3.05, 3.63) is 29.8 Å². The number of carbonyl (C=O) groups is 2. The Morgan fingerprint density at radius 2 is 2.00 bits per heavy atom. The highest BCUT2D eigenvalue weighted by Crippen LogP contribution is 2.25. The van der Waals surface area contributed by atoms with E-state index in [0.717, 1.165) is 43.5 Å².